The molecule has 1 saturated carbocycles. The van der Waals surface area contributed by atoms with Crippen LogP contribution in [0.2, 0.25) is 5.02 Å². The number of amides is 1. The summed E-state index contributed by atoms with van der Waals surface area (Å²) >= 11 is 5.80. The molecule has 0 aromatic heterocycles. The fraction of sp³-hybridized carbons (Fsp3) is 0.462. The molecule has 6 nitrogen and oxygen atoms in total. The van der Waals surface area contributed by atoms with Crippen molar-refractivity contribution in [1.82, 2.24) is 5.32 Å². The normalized spacial score (nSPS) is 22.3. The Morgan fingerprint density at radius 3 is 2.26 bits per heavy atom. The molecule has 3 rings (SSSR count). The summed E-state index contributed by atoms with van der Waals surface area (Å²) in [5.41, 5.74) is 1.53. The minimum absolute atomic E-state index is 0.0547. The van der Waals surface area contributed by atoms with E-state index in [0.29, 0.717) is 37.9 Å². The number of benzene rings is 2. The minimum Gasteiger partial charge on any atom is -0.467 e. The van der Waals surface area contributed by atoms with Gasteiger partial charge in [0.05, 0.1) is 30.8 Å². The van der Waals surface area contributed by atoms with Crippen molar-refractivity contribution in [2.75, 3.05) is 27.9 Å². The highest BCUT2D eigenvalue weighted by Gasteiger charge is 2.49. The third-order valence-corrected chi connectivity index (χ3v) is 7.07. The highest BCUT2D eigenvalue weighted by atomic mass is 35.5. The highest BCUT2D eigenvalue weighted by Crippen LogP contribution is 2.38. The molecule has 2 aromatic carbocycles. The number of hydrogen-bond acceptors (Lipinski definition) is 5. The van der Waals surface area contributed by atoms with Crippen LogP contribution in [0.4, 0.5) is 4.39 Å². The zero-order valence-electron chi connectivity index (χ0n) is 20.0. The second-order valence-corrected chi connectivity index (χ2v) is 9.30. The van der Waals surface area contributed by atoms with Gasteiger partial charge in [-0.2, -0.15) is 0 Å². The predicted molar refractivity (Wildman–Crippen MR) is 128 cm³/mol. The molecular formula is C26H31ClFNO5. The Hall–Kier alpha value is -2.48. The first-order chi connectivity index (χ1) is 16.2. The van der Waals surface area contributed by atoms with Crippen molar-refractivity contribution in [3.8, 4) is 11.1 Å². The highest BCUT2D eigenvalue weighted by molar-refractivity contribution is 6.30. The van der Waals surface area contributed by atoms with Gasteiger partial charge < -0.3 is 19.5 Å². The van der Waals surface area contributed by atoms with Gasteiger partial charge in [0.15, 0.2) is 0 Å². The Balaban J connectivity index is 1.79. The van der Waals surface area contributed by atoms with E-state index < -0.39 is 22.9 Å². The molecule has 1 fully saturated rings. The summed E-state index contributed by atoms with van der Waals surface area (Å²) in [5.74, 6) is -1.26. The fourth-order valence-electron chi connectivity index (χ4n) is 4.58. The molecule has 0 aliphatic heterocycles. The molecule has 1 amide bonds. The Kier molecular flexibility index (Phi) is 8.34. The maximum Gasteiger partial charge on any atom is 0.331 e. The van der Waals surface area contributed by atoms with Gasteiger partial charge in [0.25, 0.3) is 0 Å². The Labute approximate surface area is 204 Å². The Morgan fingerprint density at radius 2 is 1.68 bits per heavy atom. The van der Waals surface area contributed by atoms with Crippen molar-refractivity contribution >= 4 is 23.5 Å². The van der Waals surface area contributed by atoms with Crippen LogP contribution < -0.4 is 5.32 Å². The van der Waals surface area contributed by atoms with Crippen molar-refractivity contribution in [2.24, 2.45) is 0 Å². The monoisotopic (exact) mass is 491 g/mol. The van der Waals surface area contributed by atoms with Crippen LogP contribution in [0.5, 0.6) is 0 Å². The summed E-state index contributed by atoms with van der Waals surface area (Å²) in [4.78, 5) is 25.9. The molecule has 34 heavy (non-hydrogen) atoms. The number of halogens is 2. The maximum absolute atomic E-state index is 13.9. The zero-order valence-corrected chi connectivity index (χ0v) is 20.8. The summed E-state index contributed by atoms with van der Waals surface area (Å²) < 4.78 is 30.0. The molecule has 0 unspecified atom stereocenters. The number of methoxy groups -OCH3 is 3. The van der Waals surface area contributed by atoms with Gasteiger partial charge in [-0.25, -0.2) is 9.18 Å². The van der Waals surface area contributed by atoms with E-state index in [0.717, 1.165) is 16.7 Å². The van der Waals surface area contributed by atoms with E-state index in [-0.39, 0.29) is 17.4 Å². The van der Waals surface area contributed by atoms with Crippen LogP contribution >= 0.6 is 11.6 Å². The first kappa shape index (κ1) is 26.1. The average molecular weight is 492 g/mol. The third kappa shape index (κ3) is 5.59. The predicted octanol–water partition coefficient (Wildman–Crippen LogP) is 4.63. The standard InChI is InChI=1S/C26H31ClFNO5/c1-17-5-6-18(19-7-8-21(27)22(28)14-19)13-20(17)15-23(30)29-26(24(31)33-3)11-9-25(34-4,10-12-26)16-32-2/h5-8,13-14H,9-12,15-16H2,1-4H3,(H,29,30). The second-order valence-electron chi connectivity index (χ2n) is 8.89. The second kappa shape index (κ2) is 10.8. The van der Waals surface area contributed by atoms with Crippen LogP contribution in [-0.4, -0.2) is 51.0 Å². The number of carbonyl (C=O) groups is 2. The van der Waals surface area contributed by atoms with Crippen molar-refractivity contribution < 1.29 is 28.2 Å². The molecule has 0 saturated heterocycles. The van der Waals surface area contributed by atoms with Gasteiger partial charge in [-0.05, 0) is 67.0 Å². The molecule has 0 atom stereocenters. The number of aryl methyl sites for hydroxylation is 1. The maximum atomic E-state index is 13.9. The fourth-order valence-corrected chi connectivity index (χ4v) is 4.70. The van der Waals surface area contributed by atoms with Crippen molar-refractivity contribution in [1.29, 1.82) is 0 Å². The molecule has 2 aromatic rings. The molecule has 184 valence electrons. The topological polar surface area (TPSA) is 73.9 Å². The van der Waals surface area contributed by atoms with Gasteiger partial charge in [-0.15, -0.1) is 0 Å². The Bertz CT molecular complexity index is 1050. The summed E-state index contributed by atoms with van der Waals surface area (Å²) in [6, 6.07) is 10.2. The smallest absolute Gasteiger partial charge is 0.331 e. The summed E-state index contributed by atoms with van der Waals surface area (Å²) in [6.07, 6.45) is 1.92. The van der Waals surface area contributed by atoms with Crippen LogP contribution in [0.3, 0.4) is 0 Å². The van der Waals surface area contributed by atoms with E-state index in [2.05, 4.69) is 5.32 Å². The van der Waals surface area contributed by atoms with Crippen LogP contribution in [0, 0.1) is 12.7 Å². The largest absolute Gasteiger partial charge is 0.467 e. The number of ether oxygens (including phenoxy) is 3. The molecular weight excluding hydrogens is 461 g/mol. The van der Waals surface area contributed by atoms with E-state index in [9.17, 15) is 14.0 Å². The van der Waals surface area contributed by atoms with E-state index in [1.165, 1.54) is 19.2 Å². The van der Waals surface area contributed by atoms with E-state index in [4.69, 9.17) is 25.8 Å². The molecule has 0 spiro atoms. The zero-order chi connectivity index (χ0) is 24.9. The lowest BCUT2D eigenvalue weighted by Crippen LogP contribution is -2.60. The minimum atomic E-state index is -1.12. The number of hydrogen-bond donors (Lipinski definition) is 1. The van der Waals surface area contributed by atoms with E-state index in [1.807, 2.05) is 25.1 Å². The summed E-state index contributed by atoms with van der Waals surface area (Å²) in [7, 11) is 4.56. The molecule has 0 radical (unpaired) electrons. The van der Waals surface area contributed by atoms with Gasteiger partial charge in [0, 0.05) is 14.2 Å². The molecule has 1 aliphatic rings. The molecule has 1 aliphatic carbocycles. The van der Waals surface area contributed by atoms with Crippen molar-refractivity contribution in [3.63, 3.8) is 0 Å². The van der Waals surface area contributed by atoms with Crippen LogP contribution in [0.15, 0.2) is 36.4 Å². The first-order valence-corrected chi connectivity index (χ1v) is 11.5. The number of carbonyl (C=O) groups excluding carboxylic acids is 2. The van der Waals surface area contributed by atoms with Crippen LogP contribution in [0.25, 0.3) is 11.1 Å². The van der Waals surface area contributed by atoms with Gasteiger partial charge in [-0.1, -0.05) is 35.9 Å². The van der Waals surface area contributed by atoms with E-state index >= 15 is 0 Å². The molecule has 8 heteroatoms. The summed E-state index contributed by atoms with van der Waals surface area (Å²) in [6.45, 7) is 2.31. The van der Waals surface area contributed by atoms with Crippen molar-refractivity contribution in [3.05, 3.63) is 58.4 Å². The van der Waals surface area contributed by atoms with Gasteiger partial charge >= 0.3 is 5.97 Å². The van der Waals surface area contributed by atoms with Gasteiger partial charge in [-0.3, -0.25) is 4.79 Å². The Morgan fingerprint density at radius 1 is 1.03 bits per heavy atom. The average Bonchev–Trinajstić information content (AvgIpc) is 2.83. The molecule has 1 N–H and O–H groups in total. The van der Waals surface area contributed by atoms with Crippen LogP contribution in [-0.2, 0) is 30.2 Å². The van der Waals surface area contributed by atoms with E-state index in [1.54, 1.807) is 20.3 Å². The molecule has 0 heterocycles. The summed E-state index contributed by atoms with van der Waals surface area (Å²) in [5, 5.41) is 3.01. The van der Waals surface area contributed by atoms with Gasteiger partial charge in [0.1, 0.15) is 11.4 Å². The number of rotatable bonds is 8. The molecule has 0 bridgehead atoms. The lowest BCUT2D eigenvalue weighted by atomic mass is 9.73. The van der Waals surface area contributed by atoms with Crippen LogP contribution in [0.1, 0.15) is 36.8 Å². The van der Waals surface area contributed by atoms with Crippen molar-refractivity contribution in [2.45, 2.75) is 50.2 Å². The lowest BCUT2D eigenvalue weighted by Gasteiger charge is -2.44. The first-order valence-electron chi connectivity index (χ1n) is 11.2. The quantitative estimate of drug-likeness (QED) is 0.545. The number of esters is 1. The SMILES string of the molecule is COCC1(OC)CCC(NC(=O)Cc2cc(-c3ccc(Cl)c(F)c3)ccc2C)(C(=O)OC)CC1. The third-order valence-electron chi connectivity index (χ3n) is 6.76. The number of nitrogens with one attached hydrogen (secondary N) is 1. The van der Waals surface area contributed by atoms with Gasteiger partial charge in [0.2, 0.25) is 5.91 Å². The lowest BCUT2D eigenvalue weighted by molar-refractivity contribution is -0.158.